The minimum atomic E-state index is 0.626. The summed E-state index contributed by atoms with van der Waals surface area (Å²) in [5, 5.41) is 0.626. The Labute approximate surface area is 67.1 Å². The highest BCUT2D eigenvalue weighted by Crippen LogP contribution is 2.29. The second-order valence-corrected chi connectivity index (χ2v) is 3.96. The molecule has 2 aliphatic rings. The number of hydrogen-bond donors (Lipinski definition) is 3. The molecule has 2 nitrogen and oxygen atoms in total. The SMILES string of the molecule is SC1CCCC2NNCC12. The molecule has 3 heteroatoms. The van der Waals surface area contributed by atoms with Gasteiger partial charge in [0, 0.05) is 23.8 Å². The Morgan fingerprint density at radius 3 is 3.00 bits per heavy atom. The molecule has 2 N–H and O–H groups in total. The van der Waals surface area contributed by atoms with Crippen LogP contribution in [0.5, 0.6) is 0 Å². The molecule has 0 amide bonds. The molecule has 58 valence electrons. The van der Waals surface area contributed by atoms with Gasteiger partial charge in [0.15, 0.2) is 0 Å². The van der Waals surface area contributed by atoms with Crippen LogP contribution in [0.25, 0.3) is 0 Å². The lowest BCUT2D eigenvalue weighted by molar-refractivity contribution is 0.346. The van der Waals surface area contributed by atoms with E-state index >= 15 is 0 Å². The quantitative estimate of drug-likeness (QED) is 0.449. The lowest BCUT2D eigenvalue weighted by Crippen LogP contribution is -2.37. The predicted octanol–water partition coefficient (Wildman–Crippen LogP) is 0.561. The Bertz CT molecular complexity index is 129. The van der Waals surface area contributed by atoms with Crippen molar-refractivity contribution < 1.29 is 0 Å². The van der Waals surface area contributed by atoms with E-state index < -0.39 is 0 Å². The third kappa shape index (κ3) is 1.06. The van der Waals surface area contributed by atoms with E-state index in [0.29, 0.717) is 11.3 Å². The van der Waals surface area contributed by atoms with Gasteiger partial charge in [0.1, 0.15) is 0 Å². The van der Waals surface area contributed by atoms with Crippen molar-refractivity contribution in [1.82, 2.24) is 10.9 Å². The van der Waals surface area contributed by atoms with Crippen molar-refractivity contribution in [2.24, 2.45) is 5.92 Å². The smallest absolute Gasteiger partial charge is 0.0264 e. The van der Waals surface area contributed by atoms with Gasteiger partial charge in [0.2, 0.25) is 0 Å². The van der Waals surface area contributed by atoms with Gasteiger partial charge in [-0.15, -0.1) is 0 Å². The van der Waals surface area contributed by atoms with Gasteiger partial charge < -0.3 is 0 Å². The highest BCUT2D eigenvalue weighted by Gasteiger charge is 2.34. The Morgan fingerprint density at radius 1 is 1.30 bits per heavy atom. The van der Waals surface area contributed by atoms with Gasteiger partial charge in [0.25, 0.3) is 0 Å². The molecule has 3 atom stereocenters. The van der Waals surface area contributed by atoms with E-state index in [9.17, 15) is 0 Å². The summed E-state index contributed by atoms with van der Waals surface area (Å²) in [5.74, 6) is 0.775. The van der Waals surface area contributed by atoms with Crippen molar-refractivity contribution in [3.63, 3.8) is 0 Å². The molecule has 2 fully saturated rings. The van der Waals surface area contributed by atoms with Gasteiger partial charge in [-0.05, 0) is 12.8 Å². The minimum absolute atomic E-state index is 0.626. The summed E-state index contributed by atoms with van der Waals surface area (Å²) in [6.45, 7) is 1.11. The lowest BCUT2D eigenvalue weighted by Gasteiger charge is -2.28. The fourth-order valence-corrected chi connectivity index (χ4v) is 2.50. The summed E-state index contributed by atoms with van der Waals surface area (Å²) in [4.78, 5) is 0. The van der Waals surface area contributed by atoms with Crippen LogP contribution in [-0.4, -0.2) is 17.8 Å². The second kappa shape index (κ2) is 2.72. The molecule has 0 aromatic heterocycles. The zero-order valence-electron chi connectivity index (χ0n) is 6.01. The molecule has 0 radical (unpaired) electrons. The number of thiol groups is 1. The van der Waals surface area contributed by atoms with E-state index in [0.717, 1.165) is 12.5 Å². The highest BCUT2D eigenvalue weighted by molar-refractivity contribution is 7.81. The molecule has 1 heterocycles. The average Bonchev–Trinajstić information content (AvgIpc) is 2.36. The fraction of sp³-hybridized carbons (Fsp3) is 1.00. The van der Waals surface area contributed by atoms with Crippen molar-refractivity contribution in [3.8, 4) is 0 Å². The summed E-state index contributed by atoms with van der Waals surface area (Å²) in [5.41, 5.74) is 6.49. The number of fused-ring (bicyclic) bond motifs is 1. The van der Waals surface area contributed by atoms with Crippen molar-refractivity contribution in [2.45, 2.75) is 30.6 Å². The summed E-state index contributed by atoms with van der Waals surface area (Å²) in [6, 6.07) is 0.705. The zero-order valence-corrected chi connectivity index (χ0v) is 6.90. The molecule has 1 aliphatic carbocycles. The molecule has 1 saturated heterocycles. The van der Waals surface area contributed by atoms with Crippen LogP contribution in [0.2, 0.25) is 0 Å². The van der Waals surface area contributed by atoms with Gasteiger partial charge >= 0.3 is 0 Å². The molecular weight excluding hydrogens is 144 g/mol. The molecule has 1 aliphatic heterocycles. The van der Waals surface area contributed by atoms with Gasteiger partial charge in [-0.2, -0.15) is 12.6 Å². The van der Waals surface area contributed by atoms with E-state index in [4.69, 9.17) is 0 Å². The van der Waals surface area contributed by atoms with Crippen LogP contribution in [0.15, 0.2) is 0 Å². The maximum absolute atomic E-state index is 4.56. The first-order chi connectivity index (χ1) is 4.88. The molecular formula is C7H14N2S. The molecule has 0 aromatic carbocycles. The summed E-state index contributed by atoms with van der Waals surface area (Å²) >= 11 is 4.56. The standard InChI is InChI=1S/C7H14N2S/c10-7-3-1-2-6-5(7)4-8-9-6/h5-10H,1-4H2. The van der Waals surface area contributed by atoms with Crippen molar-refractivity contribution in [1.29, 1.82) is 0 Å². The Kier molecular flexibility index (Phi) is 1.89. The third-order valence-electron chi connectivity index (χ3n) is 2.65. The fourth-order valence-electron chi connectivity index (χ4n) is 2.01. The van der Waals surface area contributed by atoms with E-state index in [1.165, 1.54) is 19.3 Å². The molecule has 3 unspecified atom stereocenters. The summed E-state index contributed by atoms with van der Waals surface area (Å²) in [7, 11) is 0. The predicted molar refractivity (Wildman–Crippen MR) is 45.0 cm³/mol. The lowest BCUT2D eigenvalue weighted by atomic mass is 9.86. The van der Waals surface area contributed by atoms with Gasteiger partial charge in [-0.25, -0.2) is 0 Å². The molecule has 10 heavy (non-hydrogen) atoms. The third-order valence-corrected chi connectivity index (χ3v) is 3.29. The monoisotopic (exact) mass is 158 g/mol. The molecule has 0 bridgehead atoms. The normalized spacial score (nSPS) is 47.1. The Morgan fingerprint density at radius 2 is 2.20 bits per heavy atom. The molecule has 1 saturated carbocycles. The number of rotatable bonds is 0. The molecule has 2 rings (SSSR count). The average molecular weight is 158 g/mol. The van der Waals surface area contributed by atoms with Crippen molar-refractivity contribution in [2.75, 3.05) is 6.54 Å². The first-order valence-electron chi connectivity index (χ1n) is 4.04. The first-order valence-corrected chi connectivity index (χ1v) is 4.56. The van der Waals surface area contributed by atoms with Crippen LogP contribution >= 0.6 is 12.6 Å². The van der Waals surface area contributed by atoms with Crippen molar-refractivity contribution in [3.05, 3.63) is 0 Å². The molecule has 0 spiro atoms. The molecule has 0 aromatic rings. The maximum Gasteiger partial charge on any atom is 0.0264 e. The minimum Gasteiger partial charge on any atom is -0.257 e. The van der Waals surface area contributed by atoms with E-state index in [1.807, 2.05) is 0 Å². The van der Waals surface area contributed by atoms with Crippen LogP contribution in [0.3, 0.4) is 0 Å². The van der Waals surface area contributed by atoms with Crippen LogP contribution in [-0.2, 0) is 0 Å². The second-order valence-electron chi connectivity index (χ2n) is 3.29. The Balaban J connectivity index is 2.03. The largest absolute Gasteiger partial charge is 0.257 e. The van der Waals surface area contributed by atoms with Crippen molar-refractivity contribution >= 4 is 12.6 Å². The van der Waals surface area contributed by atoms with E-state index in [-0.39, 0.29) is 0 Å². The van der Waals surface area contributed by atoms with E-state index in [1.54, 1.807) is 0 Å². The number of hydrogen-bond acceptors (Lipinski definition) is 3. The van der Waals surface area contributed by atoms with Crippen LogP contribution in [0.1, 0.15) is 19.3 Å². The van der Waals surface area contributed by atoms with Crippen LogP contribution in [0, 0.1) is 5.92 Å². The maximum atomic E-state index is 4.56. The van der Waals surface area contributed by atoms with Crippen LogP contribution < -0.4 is 10.9 Å². The van der Waals surface area contributed by atoms with E-state index in [2.05, 4.69) is 23.5 Å². The van der Waals surface area contributed by atoms with Gasteiger partial charge in [-0.1, -0.05) is 6.42 Å². The van der Waals surface area contributed by atoms with Gasteiger partial charge in [-0.3, -0.25) is 10.9 Å². The first kappa shape index (κ1) is 6.95. The topological polar surface area (TPSA) is 24.1 Å². The summed E-state index contributed by atoms with van der Waals surface area (Å²) in [6.07, 6.45) is 3.96. The number of nitrogens with one attached hydrogen (secondary N) is 2. The highest BCUT2D eigenvalue weighted by atomic mass is 32.1. The Hall–Kier alpha value is 0.270. The number of hydrazine groups is 1. The van der Waals surface area contributed by atoms with Gasteiger partial charge in [0.05, 0.1) is 0 Å². The van der Waals surface area contributed by atoms with Crippen LogP contribution in [0.4, 0.5) is 0 Å². The zero-order chi connectivity index (χ0) is 6.97. The summed E-state index contributed by atoms with van der Waals surface area (Å²) < 4.78 is 0.